The summed E-state index contributed by atoms with van der Waals surface area (Å²) < 4.78 is 2.47. The summed E-state index contributed by atoms with van der Waals surface area (Å²) in [7, 11) is 0. The molecule has 0 radical (unpaired) electrons. The molecule has 0 spiro atoms. The summed E-state index contributed by atoms with van der Waals surface area (Å²) in [6.07, 6.45) is 22.1. The second-order valence-electron chi connectivity index (χ2n) is 21.7. The lowest BCUT2D eigenvalue weighted by Crippen LogP contribution is -2.44. The van der Waals surface area contributed by atoms with Crippen molar-refractivity contribution in [3.63, 3.8) is 0 Å². The standard InChI is InChI=1S/C62H70Br2/c1-8-10-12-20-30-61-32-22-18-24-40(3)25-19-23-33-62(31-21-13-11-9-2)52-35-46-45-34-51(61)47(57-43-28-16-14-26-41(43)55(63)38-53(57)61)36-49(45)59(4,5)60(6,7)50(46)37-48(52)58-44-29-17-15-27-42(44)56(64)39-54(58)62/h14-17,26-29,34-39H,3,8-13,18-25,30-33H2,1-2,4-7H3. The number of allylic oxidation sites excluding steroid dienone is 1. The predicted molar refractivity (Wildman–Crippen MR) is 284 cm³/mol. The Morgan fingerprint density at radius 3 is 1.25 bits per heavy atom. The van der Waals surface area contributed by atoms with Gasteiger partial charge in [0.05, 0.1) is 0 Å². The number of hydrogen-bond donors (Lipinski definition) is 0. The van der Waals surface area contributed by atoms with E-state index in [9.17, 15) is 0 Å². The van der Waals surface area contributed by atoms with E-state index in [1.165, 1.54) is 183 Å². The molecule has 332 valence electrons. The fourth-order valence-electron chi connectivity index (χ4n) is 13.6. The topological polar surface area (TPSA) is 0 Å². The molecule has 4 bridgehead atoms. The summed E-state index contributed by atoms with van der Waals surface area (Å²) in [5.41, 5.74) is 19.5. The lowest BCUT2D eigenvalue weighted by atomic mass is 9.54. The molecule has 2 heteroatoms. The first-order chi connectivity index (χ1) is 30.9. The quantitative estimate of drug-likeness (QED) is 0.0948. The molecule has 10 rings (SSSR count). The third-order valence-corrected chi connectivity index (χ3v) is 19.1. The third-order valence-electron chi connectivity index (χ3n) is 17.8. The van der Waals surface area contributed by atoms with Crippen LogP contribution in [0.2, 0.25) is 0 Å². The van der Waals surface area contributed by atoms with E-state index in [0.29, 0.717) is 0 Å². The van der Waals surface area contributed by atoms with Crippen molar-refractivity contribution in [1.29, 1.82) is 0 Å². The van der Waals surface area contributed by atoms with Crippen molar-refractivity contribution in [2.75, 3.05) is 0 Å². The second-order valence-corrected chi connectivity index (χ2v) is 23.4. The van der Waals surface area contributed by atoms with Gasteiger partial charge in [0.25, 0.3) is 0 Å². The highest BCUT2D eigenvalue weighted by Gasteiger charge is 2.52. The Hall–Kier alpha value is -3.46. The smallest absolute Gasteiger partial charge is 0.0257 e. The molecule has 2 atom stereocenters. The van der Waals surface area contributed by atoms with Crippen LogP contribution < -0.4 is 0 Å². The molecule has 64 heavy (non-hydrogen) atoms. The Morgan fingerprint density at radius 1 is 0.453 bits per heavy atom. The number of benzene rings is 6. The van der Waals surface area contributed by atoms with Crippen molar-refractivity contribution >= 4 is 53.4 Å². The van der Waals surface area contributed by atoms with Gasteiger partial charge < -0.3 is 0 Å². The molecule has 2 unspecified atom stereocenters. The summed E-state index contributed by atoms with van der Waals surface area (Å²) in [6, 6.07) is 34.6. The van der Waals surface area contributed by atoms with Crippen LogP contribution in [-0.2, 0) is 21.7 Å². The van der Waals surface area contributed by atoms with E-state index < -0.39 is 0 Å². The molecular weight excluding hydrogens is 904 g/mol. The van der Waals surface area contributed by atoms with Crippen molar-refractivity contribution < 1.29 is 0 Å². The van der Waals surface area contributed by atoms with E-state index in [1.807, 2.05) is 0 Å². The first kappa shape index (κ1) is 44.4. The highest BCUT2D eigenvalue weighted by atomic mass is 79.9. The van der Waals surface area contributed by atoms with Crippen molar-refractivity contribution in [3.05, 3.63) is 139 Å². The molecule has 4 aliphatic rings. The summed E-state index contributed by atoms with van der Waals surface area (Å²) in [5, 5.41) is 5.45. The molecule has 0 amide bonds. The maximum Gasteiger partial charge on any atom is 0.0257 e. The molecule has 0 saturated heterocycles. The maximum atomic E-state index is 4.75. The van der Waals surface area contributed by atoms with E-state index >= 15 is 0 Å². The van der Waals surface area contributed by atoms with Gasteiger partial charge in [0.15, 0.2) is 0 Å². The summed E-state index contributed by atoms with van der Waals surface area (Å²) in [6.45, 7) is 19.7. The average Bonchev–Trinajstić information content (AvgIpc) is 3.70. The first-order valence-corrected chi connectivity index (χ1v) is 27.0. The monoisotopic (exact) mass is 972 g/mol. The van der Waals surface area contributed by atoms with Gasteiger partial charge in [-0.1, -0.05) is 198 Å². The number of rotatable bonds is 10. The Kier molecular flexibility index (Phi) is 11.8. The van der Waals surface area contributed by atoms with E-state index in [-0.39, 0.29) is 21.7 Å². The van der Waals surface area contributed by atoms with Crippen LogP contribution in [0.3, 0.4) is 0 Å². The fraction of sp³-hybridized carbons (Fsp3) is 0.452. The van der Waals surface area contributed by atoms with Gasteiger partial charge in [-0.15, -0.1) is 0 Å². The van der Waals surface area contributed by atoms with Crippen LogP contribution in [-0.4, -0.2) is 0 Å². The Morgan fingerprint density at radius 2 is 0.844 bits per heavy atom. The van der Waals surface area contributed by atoms with Crippen LogP contribution in [0, 0.1) is 0 Å². The molecule has 0 aromatic heterocycles. The van der Waals surface area contributed by atoms with Crippen molar-refractivity contribution in [2.45, 2.75) is 179 Å². The Balaban J connectivity index is 1.30. The van der Waals surface area contributed by atoms with Gasteiger partial charge in [-0.25, -0.2) is 0 Å². The molecule has 6 aromatic rings. The van der Waals surface area contributed by atoms with Crippen LogP contribution in [0.4, 0.5) is 0 Å². The van der Waals surface area contributed by atoms with Gasteiger partial charge in [-0.3, -0.25) is 0 Å². The van der Waals surface area contributed by atoms with E-state index in [1.54, 1.807) is 22.3 Å². The van der Waals surface area contributed by atoms with Crippen molar-refractivity contribution in [2.24, 2.45) is 0 Å². The molecule has 0 N–H and O–H groups in total. The van der Waals surface area contributed by atoms with Crippen LogP contribution in [0.15, 0.2) is 106 Å². The highest BCUT2D eigenvalue weighted by molar-refractivity contribution is 9.11. The predicted octanol–water partition coefficient (Wildman–Crippen LogP) is 19.9. The summed E-state index contributed by atoms with van der Waals surface area (Å²) >= 11 is 8.33. The summed E-state index contributed by atoms with van der Waals surface area (Å²) in [5.74, 6) is 0. The Labute approximate surface area is 402 Å². The molecule has 4 aliphatic carbocycles. The first-order valence-electron chi connectivity index (χ1n) is 25.4. The molecular formula is C62H70Br2. The molecule has 0 aliphatic heterocycles. The number of halogens is 2. The number of fused-ring (bicyclic) bond motifs is 10. The SMILES string of the molecule is C=C1CCCCC2(CCCCCC)c3cc4c(cc3-c3c2cc(Br)c2ccccc32)C(C)(C)C(C)(C)c2cc3c(cc2-4)C(CCCCCC)(CCCC1)c1cc(Br)c2ccccc2c1-3. The minimum atomic E-state index is -0.115. The van der Waals surface area contributed by atoms with Crippen LogP contribution >= 0.6 is 31.9 Å². The largest absolute Gasteiger partial charge is 0.0999 e. The van der Waals surface area contributed by atoms with Gasteiger partial charge in [-0.05, 0) is 187 Å². The molecule has 0 nitrogen and oxygen atoms in total. The molecule has 0 heterocycles. The van der Waals surface area contributed by atoms with Crippen LogP contribution in [0.1, 0.15) is 190 Å². The van der Waals surface area contributed by atoms with Crippen LogP contribution in [0.5, 0.6) is 0 Å². The van der Waals surface area contributed by atoms with Crippen molar-refractivity contribution in [1.82, 2.24) is 0 Å². The fourth-order valence-corrected chi connectivity index (χ4v) is 14.8. The van der Waals surface area contributed by atoms with Gasteiger partial charge in [0.2, 0.25) is 0 Å². The van der Waals surface area contributed by atoms with Gasteiger partial charge >= 0.3 is 0 Å². The zero-order chi connectivity index (χ0) is 44.6. The third kappa shape index (κ3) is 6.74. The van der Waals surface area contributed by atoms with E-state index in [4.69, 9.17) is 6.58 Å². The second kappa shape index (κ2) is 17.0. The zero-order valence-corrected chi connectivity index (χ0v) is 42.9. The van der Waals surface area contributed by atoms with Gasteiger partial charge in [0, 0.05) is 19.8 Å². The number of unbranched alkanes of at least 4 members (excludes halogenated alkanes) is 6. The van der Waals surface area contributed by atoms with Gasteiger partial charge in [-0.2, -0.15) is 0 Å². The normalized spacial score (nSPS) is 21.7. The van der Waals surface area contributed by atoms with E-state index in [0.717, 1.165) is 12.8 Å². The lowest BCUT2D eigenvalue weighted by Gasteiger charge is -2.49. The van der Waals surface area contributed by atoms with Gasteiger partial charge in [0.1, 0.15) is 0 Å². The molecule has 0 saturated carbocycles. The van der Waals surface area contributed by atoms with Crippen LogP contribution in [0.25, 0.3) is 54.9 Å². The van der Waals surface area contributed by atoms with Crippen molar-refractivity contribution in [3.8, 4) is 33.4 Å². The zero-order valence-electron chi connectivity index (χ0n) is 39.8. The average molecular weight is 975 g/mol. The minimum Gasteiger partial charge on any atom is -0.0999 e. The highest BCUT2D eigenvalue weighted by Crippen LogP contribution is 2.65. The molecule has 6 aromatic carbocycles. The summed E-state index contributed by atoms with van der Waals surface area (Å²) in [4.78, 5) is 0. The van der Waals surface area contributed by atoms with E-state index in [2.05, 4.69) is 158 Å². The molecule has 0 fully saturated rings. The number of hydrogen-bond acceptors (Lipinski definition) is 0. The lowest BCUT2D eigenvalue weighted by molar-refractivity contribution is 0.299. The maximum absolute atomic E-state index is 4.75. The Bertz CT molecular complexity index is 2620. The minimum absolute atomic E-state index is 0.0479.